The largest absolute Gasteiger partial charge is 0.376 e. The summed E-state index contributed by atoms with van der Waals surface area (Å²) < 4.78 is 36.7. The summed E-state index contributed by atoms with van der Waals surface area (Å²) in [6.45, 7) is 6.08. The molecule has 1 saturated carbocycles. The van der Waals surface area contributed by atoms with Gasteiger partial charge in [0, 0.05) is 37.4 Å². The van der Waals surface area contributed by atoms with Gasteiger partial charge >= 0.3 is 0 Å². The van der Waals surface area contributed by atoms with E-state index in [1.807, 2.05) is 12.3 Å². The number of rotatable bonds is 6. The van der Waals surface area contributed by atoms with Crippen molar-refractivity contribution in [2.45, 2.75) is 50.7 Å². The molecule has 0 spiro atoms. The number of carbonyl (C=O) groups excluding carboxylic acids is 1. The number of aryl methyl sites for hydroxylation is 1. The minimum atomic E-state index is -2.64. The summed E-state index contributed by atoms with van der Waals surface area (Å²) >= 11 is 1.33. The van der Waals surface area contributed by atoms with Crippen LogP contribution < -0.4 is 0 Å². The fourth-order valence-electron chi connectivity index (χ4n) is 2.86. The average molecular weight is 344 g/mol. The van der Waals surface area contributed by atoms with Crippen LogP contribution in [0.1, 0.15) is 36.9 Å². The van der Waals surface area contributed by atoms with Crippen molar-refractivity contribution in [3.63, 3.8) is 0 Å². The Balaban J connectivity index is 2.14. The summed E-state index contributed by atoms with van der Waals surface area (Å²) in [6.07, 6.45) is 1.29. The van der Waals surface area contributed by atoms with Gasteiger partial charge < -0.3 is 9.64 Å². The fraction of sp³-hybridized carbons (Fsp3) is 0.625. The Labute approximate surface area is 139 Å². The van der Waals surface area contributed by atoms with Crippen LogP contribution in [0, 0.1) is 6.92 Å². The van der Waals surface area contributed by atoms with E-state index in [0.717, 1.165) is 11.3 Å². The number of aromatic nitrogens is 1. The molecule has 0 aromatic carbocycles. The van der Waals surface area contributed by atoms with Crippen molar-refractivity contribution in [1.29, 1.82) is 0 Å². The van der Waals surface area contributed by atoms with Crippen molar-refractivity contribution < 1.29 is 18.3 Å². The van der Waals surface area contributed by atoms with Gasteiger partial charge in [0.1, 0.15) is 0 Å². The maximum absolute atomic E-state index is 13.4. The summed E-state index contributed by atoms with van der Waals surface area (Å²) in [5.41, 5.74) is 1.11. The third kappa shape index (κ3) is 4.35. The standard InChI is InChI=1S/C16H22F2N2O2S/c1-4-14(21)20(9-13-10-23-19-12(13)2)11-15(22-3)5-7-16(17,18)8-6-15/h4,10H,1,5-9,11H2,2-3H3. The highest BCUT2D eigenvalue weighted by Gasteiger charge is 2.44. The minimum absolute atomic E-state index is 0.212. The third-order valence-electron chi connectivity index (χ3n) is 4.50. The van der Waals surface area contributed by atoms with E-state index in [1.165, 1.54) is 24.7 Å². The molecule has 128 valence electrons. The van der Waals surface area contributed by atoms with Gasteiger partial charge in [-0.25, -0.2) is 8.78 Å². The lowest BCUT2D eigenvalue weighted by Gasteiger charge is -2.41. The maximum Gasteiger partial charge on any atom is 0.248 e. The zero-order chi connectivity index (χ0) is 17.1. The molecule has 1 aliphatic carbocycles. The molecular weight excluding hydrogens is 322 g/mol. The molecule has 23 heavy (non-hydrogen) atoms. The first kappa shape index (κ1) is 18.0. The van der Waals surface area contributed by atoms with Crippen molar-refractivity contribution in [2.75, 3.05) is 13.7 Å². The molecule has 0 saturated heterocycles. The van der Waals surface area contributed by atoms with E-state index in [-0.39, 0.29) is 38.1 Å². The Bertz CT molecular complexity index is 564. The number of methoxy groups -OCH3 is 1. The molecular formula is C16H22F2N2O2S. The molecule has 0 bridgehead atoms. The monoisotopic (exact) mass is 344 g/mol. The summed E-state index contributed by atoms with van der Waals surface area (Å²) in [5.74, 6) is -2.87. The van der Waals surface area contributed by atoms with Crippen molar-refractivity contribution >= 4 is 17.4 Å². The molecule has 0 unspecified atom stereocenters. The van der Waals surface area contributed by atoms with E-state index in [0.29, 0.717) is 6.54 Å². The highest BCUT2D eigenvalue weighted by atomic mass is 32.1. The van der Waals surface area contributed by atoms with Crippen molar-refractivity contribution in [3.05, 3.63) is 29.3 Å². The lowest BCUT2D eigenvalue weighted by atomic mass is 9.82. The van der Waals surface area contributed by atoms with E-state index in [4.69, 9.17) is 4.74 Å². The smallest absolute Gasteiger partial charge is 0.248 e. The Hall–Kier alpha value is -1.34. The van der Waals surface area contributed by atoms with Gasteiger partial charge in [-0.2, -0.15) is 4.37 Å². The van der Waals surface area contributed by atoms with Crippen molar-refractivity contribution in [3.8, 4) is 0 Å². The number of halogens is 2. The Kier molecular flexibility index (Phi) is 5.52. The minimum Gasteiger partial charge on any atom is -0.376 e. The molecule has 7 heteroatoms. The molecule has 0 radical (unpaired) electrons. The normalized spacial score (nSPS) is 19.3. The molecule has 1 fully saturated rings. The number of hydrogen-bond acceptors (Lipinski definition) is 4. The van der Waals surface area contributed by atoms with Crippen molar-refractivity contribution in [2.24, 2.45) is 0 Å². The van der Waals surface area contributed by atoms with Crippen LogP contribution in [0.4, 0.5) is 8.78 Å². The zero-order valence-corrected chi connectivity index (χ0v) is 14.3. The number of amides is 1. The average Bonchev–Trinajstić information content (AvgIpc) is 2.93. The van der Waals surface area contributed by atoms with Crippen LogP contribution in [0.5, 0.6) is 0 Å². The van der Waals surface area contributed by atoms with Gasteiger partial charge in [-0.15, -0.1) is 0 Å². The van der Waals surface area contributed by atoms with Gasteiger partial charge in [-0.3, -0.25) is 4.79 Å². The van der Waals surface area contributed by atoms with E-state index >= 15 is 0 Å². The highest BCUT2D eigenvalue weighted by Crippen LogP contribution is 2.40. The second kappa shape index (κ2) is 7.05. The molecule has 1 aliphatic rings. The highest BCUT2D eigenvalue weighted by molar-refractivity contribution is 7.03. The predicted molar refractivity (Wildman–Crippen MR) is 85.6 cm³/mol. The second-order valence-electron chi connectivity index (χ2n) is 6.07. The van der Waals surface area contributed by atoms with Gasteiger partial charge in [0.2, 0.25) is 11.8 Å². The van der Waals surface area contributed by atoms with Crippen LogP contribution in [-0.4, -0.2) is 40.4 Å². The number of carbonyl (C=O) groups is 1. The number of alkyl halides is 2. The first-order valence-electron chi connectivity index (χ1n) is 7.55. The predicted octanol–water partition coefficient (Wildman–Crippen LogP) is 3.56. The molecule has 0 aliphatic heterocycles. The molecule has 1 aromatic rings. The molecule has 1 amide bonds. The summed E-state index contributed by atoms with van der Waals surface area (Å²) in [4.78, 5) is 13.8. The van der Waals surface area contributed by atoms with E-state index in [2.05, 4.69) is 11.0 Å². The summed E-state index contributed by atoms with van der Waals surface area (Å²) in [6, 6.07) is 0. The Morgan fingerprint density at radius 2 is 2.13 bits per heavy atom. The SMILES string of the molecule is C=CC(=O)N(Cc1csnc1C)CC1(OC)CCC(F)(F)CC1. The van der Waals surface area contributed by atoms with Crippen LogP contribution in [-0.2, 0) is 16.1 Å². The quantitative estimate of drug-likeness (QED) is 0.741. The van der Waals surface area contributed by atoms with Gasteiger partial charge in [0.05, 0.1) is 17.8 Å². The van der Waals surface area contributed by atoms with Gasteiger partial charge in [0.15, 0.2) is 0 Å². The van der Waals surface area contributed by atoms with E-state index in [9.17, 15) is 13.6 Å². The first-order valence-corrected chi connectivity index (χ1v) is 8.39. The fourth-order valence-corrected chi connectivity index (χ4v) is 3.56. The molecule has 0 N–H and O–H groups in total. The lowest BCUT2D eigenvalue weighted by Crippen LogP contribution is -2.50. The molecule has 1 aromatic heterocycles. The van der Waals surface area contributed by atoms with E-state index in [1.54, 1.807) is 4.90 Å². The first-order chi connectivity index (χ1) is 10.8. The van der Waals surface area contributed by atoms with Gasteiger partial charge in [-0.05, 0) is 37.4 Å². The van der Waals surface area contributed by atoms with Crippen LogP contribution in [0.2, 0.25) is 0 Å². The summed E-state index contributed by atoms with van der Waals surface area (Å²) in [7, 11) is 1.53. The number of nitrogens with zero attached hydrogens (tertiary/aromatic N) is 2. The lowest BCUT2D eigenvalue weighted by molar-refractivity contribution is -0.144. The van der Waals surface area contributed by atoms with E-state index < -0.39 is 11.5 Å². The van der Waals surface area contributed by atoms with Crippen LogP contribution in [0.15, 0.2) is 18.0 Å². The van der Waals surface area contributed by atoms with Gasteiger partial charge in [0.25, 0.3) is 0 Å². The Morgan fingerprint density at radius 1 is 1.48 bits per heavy atom. The third-order valence-corrected chi connectivity index (χ3v) is 5.27. The molecule has 4 nitrogen and oxygen atoms in total. The van der Waals surface area contributed by atoms with Crippen LogP contribution >= 0.6 is 11.5 Å². The maximum atomic E-state index is 13.4. The van der Waals surface area contributed by atoms with Crippen LogP contribution in [0.25, 0.3) is 0 Å². The van der Waals surface area contributed by atoms with Crippen LogP contribution in [0.3, 0.4) is 0 Å². The topological polar surface area (TPSA) is 42.4 Å². The molecule has 2 rings (SSSR count). The summed E-state index contributed by atoms with van der Waals surface area (Å²) in [5, 5.41) is 1.90. The van der Waals surface area contributed by atoms with Gasteiger partial charge in [-0.1, -0.05) is 6.58 Å². The number of hydrogen-bond donors (Lipinski definition) is 0. The number of ether oxygens (including phenoxy) is 1. The van der Waals surface area contributed by atoms with Crippen molar-refractivity contribution in [1.82, 2.24) is 9.27 Å². The Morgan fingerprint density at radius 3 is 2.61 bits per heavy atom. The zero-order valence-electron chi connectivity index (χ0n) is 13.5. The molecule has 0 atom stereocenters. The second-order valence-corrected chi connectivity index (χ2v) is 6.70. The molecule has 1 heterocycles.